The molecular weight excluding hydrogens is 236 g/mol. The molecule has 3 N–H and O–H groups in total. The molecule has 2 amide bonds. The summed E-state index contributed by atoms with van der Waals surface area (Å²) in [6, 6.07) is -1.49. The molecule has 0 spiro atoms. The normalized spacial score (nSPS) is 18.8. The molecule has 1 atom stereocenters. The maximum absolute atomic E-state index is 11.9. The molecule has 0 aliphatic heterocycles. The van der Waals surface area contributed by atoms with E-state index in [9.17, 15) is 9.59 Å². The van der Waals surface area contributed by atoms with Crippen molar-refractivity contribution in [2.24, 2.45) is 0 Å². The lowest BCUT2D eigenvalue weighted by Gasteiger charge is -2.28. The first-order valence-electron chi connectivity index (χ1n) is 6.43. The number of nitrogens with one attached hydrogen (secondary N) is 1. The van der Waals surface area contributed by atoms with Gasteiger partial charge in [0.05, 0.1) is 6.61 Å². The summed E-state index contributed by atoms with van der Waals surface area (Å²) in [6.45, 7) is -0.598. The minimum absolute atomic E-state index is 0.167. The molecular formula is C12H22N2O4. The molecule has 0 aromatic rings. The van der Waals surface area contributed by atoms with Crippen molar-refractivity contribution in [3.63, 3.8) is 0 Å². The summed E-state index contributed by atoms with van der Waals surface area (Å²) in [4.78, 5) is 24.2. The number of hydrogen-bond acceptors (Lipinski definition) is 3. The SMILES string of the molecule is CN(C(=O)N[C@H](CO)C(=O)O)C1CCCCCC1. The molecule has 1 rings (SSSR count). The van der Waals surface area contributed by atoms with Crippen LogP contribution >= 0.6 is 0 Å². The van der Waals surface area contributed by atoms with Gasteiger partial charge in [-0.25, -0.2) is 9.59 Å². The lowest BCUT2D eigenvalue weighted by molar-refractivity contribution is -0.140. The van der Waals surface area contributed by atoms with Gasteiger partial charge in [-0.1, -0.05) is 25.7 Å². The summed E-state index contributed by atoms with van der Waals surface area (Å²) >= 11 is 0. The molecule has 1 saturated carbocycles. The van der Waals surface area contributed by atoms with E-state index in [-0.39, 0.29) is 6.04 Å². The van der Waals surface area contributed by atoms with E-state index in [1.54, 1.807) is 11.9 Å². The van der Waals surface area contributed by atoms with Crippen LogP contribution in [0, 0.1) is 0 Å². The zero-order chi connectivity index (χ0) is 13.5. The van der Waals surface area contributed by atoms with Gasteiger partial charge in [0.15, 0.2) is 6.04 Å². The van der Waals surface area contributed by atoms with Crippen LogP contribution in [0.4, 0.5) is 4.79 Å². The topological polar surface area (TPSA) is 89.9 Å². The van der Waals surface area contributed by atoms with E-state index in [0.29, 0.717) is 0 Å². The van der Waals surface area contributed by atoms with Crippen LogP contribution in [-0.2, 0) is 4.79 Å². The first-order chi connectivity index (χ1) is 8.56. The van der Waals surface area contributed by atoms with Crippen molar-refractivity contribution in [2.45, 2.75) is 50.6 Å². The van der Waals surface area contributed by atoms with Crippen molar-refractivity contribution in [3.05, 3.63) is 0 Å². The number of amides is 2. The number of aliphatic hydroxyl groups excluding tert-OH is 1. The Bertz CT molecular complexity index is 288. The molecule has 0 radical (unpaired) electrons. The number of nitrogens with zero attached hydrogens (tertiary/aromatic N) is 1. The molecule has 1 fully saturated rings. The second-order valence-electron chi connectivity index (χ2n) is 4.78. The lowest BCUT2D eigenvalue weighted by Crippen LogP contribution is -2.51. The Hall–Kier alpha value is -1.30. The number of aliphatic hydroxyl groups is 1. The fourth-order valence-electron chi connectivity index (χ4n) is 2.25. The predicted octanol–water partition coefficient (Wildman–Crippen LogP) is 0.796. The Morgan fingerprint density at radius 1 is 1.28 bits per heavy atom. The number of carbonyl (C=O) groups is 2. The van der Waals surface area contributed by atoms with Gasteiger partial charge in [-0.2, -0.15) is 0 Å². The molecule has 1 aliphatic carbocycles. The summed E-state index contributed by atoms with van der Waals surface area (Å²) in [5.74, 6) is -1.22. The first-order valence-corrected chi connectivity index (χ1v) is 6.43. The predicted molar refractivity (Wildman–Crippen MR) is 66.3 cm³/mol. The summed E-state index contributed by atoms with van der Waals surface area (Å²) in [5, 5.41) is 20.0. The number of aliphatic carboxylic acids is 1. The smallest absolute Gasteiger partial charge is 0.328 e. The summed E-state index contributed by atoms with van der Waals surface area (Å²) < 4.78 is 0. The van der Waals surface area contributed by atoms with Crippen LogP contribution in [0.1, 0.15) is 38.5 Å². The number of rotatable bonds is 4. The van der Waals surface area contributed by atoms with E-state index in [1.807, 2.05) is 0 Å². The summed E-state index contributed by atoms with van der Waals surface area (Å²) in [5.41, 5.74) is 0. The van der Waals surface area contributed by atoms with Crippen LogP contribution in [0.3, 0.4) is 0 Å². The van der Waals surface area contributed by atoms with Gasteiger partial charge in [-0.05, 0) is 12.8 Å². The van der Waals surface area contributed by atoms with E-state index in [2.05, 4.69) is 5.32 Å². The zero-order valence-corrected chi connectivity index (χ0v) is 10.8. The third kappa shape index (κ3) is 4.18. The van der Waals surface area contributed by atoms with Crippen molar-refractivity contribution < 1.29 is 19.8 Å². The van der Waals surface area contributed by atoms with E-state index >= 15 is 0 Å². The number of carboxylic acid groups (broad SMARTS) is 1. The molecule has 0 heterocycles. The third-order valence-electron chi connectivity index (χ3n) is 3.47. The second-order valence-corrected chi connectivity index (χ2v) is 4.78. The summed E-state index contributed by atoms with van der Waals surface area (Å²) in [6.07, 6.45) is 6.51. The Labute approximate surface area is 107 Å². The van der Waals surface area contributed by atoms with Crippen LogP contribution in [0.5, 0.6) is 0 Å². The van der Waals surface area contributed by atoms with Crippen LogP contribution < -0.4 is 5.32 Å². The van der Waals surface area contributed by atoms with Gasteiger partial charge in [0.1, 0.15) is 0 Å². The molecule has 0 unspecified atom stereocenters. The van der Waals surface area contributed by atoms with Gasteiger partial charge in [0.2, 0.25) is 0 Å². The van der Waals surface area contributed by atoms with Gasteiger partial charge >= 0.3 is 12.0 Å². The number of urea groups is 1. The number of hydrogen-bond donors (Lipinski definition) is 3. The van der Waals surface area contributed by atoms with Crippen molar-refractivity contribution in [2.75, 3.05) is 13.7 Å². The first kappa shape index (κ1) is 14.8. The van der Waals surface area contributed by atoms with Gasteiger partial charge in [-0.15, -0.1) is 0 Å². The number of carboxylic acids is 1. The lowest BCUT2D eigenvalue weighted by atomic mass is 10.1. The molecule has 6 heteroatoms. The Morgan fingerprint density at radius 3 is 2.28 bits per heavy atom. The van der Waals surface area contributed by atoms with Crippen molar-refractivity contribution in [3.8, 4) is 0 Å². The van der Waals surface area contributed by atoms with Crippen molar-refractivity contribution in [1.29, 1.82) is 0 Å². The summed E-state index contributed by atoms with van der Waals surface area (Å²) in [7, 11) is 1.68. The van der Waals surface area contributed by atoms with Crippen molar-refractivity contribution >= 4 is 12.0 Å². The molecule has 0 aromatic carbocycles. The van der Waals surface area contributed by atoms with Crippen LogP contribution in [0.15, 0.2) is 0 Å². The Kier molecular flexibility index (Phi) is 5.91. The van der Waals surface area contributed by atoms with E-state index < -0.39 is 24.6 Å². The van der Waals surface area contributed by atoms with E-state index in [0.717, 1.165) is 25.7 Å². The highest BCUT2D eigenvalue weighted by Crippen LogP contribution is 2.20. The maximum Gasteiger partial charge on any atom is 0.328 e. The maximum atomic E-state index is 11.9. The van der Waals surface area contributed by atoms with Crippen LogP contribution in [-0.4, -0.2) is 52.9 Å². The van der Waals surface area contributed by atoms with Crippen LogP contribution in [0.2, 0.25) is 0 Å². The van der Waals surface area contributed by atoms with Gasteiger partial charge in [0, 0.05) is 13.1 Å². The van der Waals surface area contributed by atoms with Gasteiger partial charge in [0.25, 0.3) is 0 Å². The molecule has 1 aliphatic rings. The minimum Gasteiger partial charge on any atom is -0.480 e. The second kappa shape index (κ2) is 7.20. The van der Waals surface area contributed by atoms with E-state index in [1.165, 1.54) is 12.8 Å². The monoisotopic (exact) mass is 258 g/mol. The fourth-order valence-corrected chi connectivity index (χ4v) is 2.25. The Morgan fingerprint density at radius 2 is 1.83 bits per heavy atom. The highest BCUT2D eigenvalue weighted by molar-refractivity contribution is 5.82. The molecule has 104 valence electrons. The Balaban J connectivity index is 2.51. The standard InChI is InChI=1S/C12H22N2O4/c1-14(9-6-4-2-3-5-7-9)12(18)13-10(8-15)11(16)17/h9-10,15H,2-8H2,1H3,(H,13,18)(H,16,17)/t10-/m1/s1. The highest BCUT2D eigenvalue weighted by Gasteiger charge is 2.25. The van der Waals surface area contributed by atoms with Crippen LogP contribution in [0.25, 0.3) is 0 Å². The largest absolute Gasteiger partial charge is 0.480 e. The molecule has 0 bridgehead atoms. The highest BCUT2D eigenvalue weighted by atomic mass is 16.4. The number of carbonyl (C=O) groups excluding carboxylic acids is 1. The van der Waals surface area contributed by atoms with Gasteiger partial charge < -0.3 is 20.4 Å². The van der Waals surface area contributed by atoms with Gasteiger partial charge in [-0.3, -0.25) is 0 Å². The molecule has 18 heavy (non-hydrogen) atoms. The molecule has 0 saturated heterocycles. The molecule has 0 aromatic heterocycles. The average molecular weight is 258 g/mol. The van der Waals surface area contributed by atoms with E-state index in [4.69, 9.17) is 10.2 Å². The minimum atomic E-state index is -1.23. The average Bonchev–Trinajstić information content (AvgIpc) is 2.62. The van der Waals surface area contributed by atoms with Crippen molar-refractivity contribution in [1.82, 2.24) is 10.2 Å². The zero-order valence-electron chi connectivity index (χ0n) is 10.8. The fraction of sp³-hybridized carbons (Fsp3) is 0.833. The quantitative estimate of drug-likeness (QED) is 0.650. The molecule has 6 nitrogen and oxygen atoms in total. The third-order valence-corrected chi connectivity index (χ3v) is 3.47.